The summed E-state index contributed by atoms with van der Waals surface area (Å²) in [6, 6.07) is 3.99. The molecule has 0 bridgehead atoms. The third-order valence-corrected chi connectivity index (χ3v) is 3.21. The van der Waals surface area contributed by atoms with Crippen LogP contribution in [0.1, 0.15) is 42.0 Å². The number of furan rings is 1. The fourth-order valence-corrected chi connectivity index (χ4v) is 2.16. The molecule has 5 heteroatoms. The van der Waals surface area contributed by atoms with Gasteiger partial charge in [0.15, 0.2) is 0 Å². The minimum atomic E-state index is -1.03. The van der Waals surface area contributed by atoms with Crippen molar-refractivity contribution < 1.29 is 14.3 Å². The summed E-state index contributed by atoms with van der Waals surface area (Å²) in [7, 11) is 0. The Morgan fingerprint density at radius 2 is 2.12 bits per heavy atom. The van der Waals surface area contributed by atoms with E-state index < -0.39 is 5.97 Å². The van der Waals surface area contributed by atoms with Gasteiger partial charge in [-0.2, -0.15) is 0 Å². The molecule has 5 nitrogen and oxygen atoms in total. The maximum Gasteiger partial charge on any atom is 0.371 e. The van der Waals surface area contributed by atoms with Gasteiger partial charge in [-0.15, -0.1) is 0 Å². The van der Waals surface area contributed by atoms with E-state index in [9.17, 15) is 4.79 Å². The second-order valence-electron chi connectivity index (χ2n) is 4.56. The van der Waals surface area contributed by atoms with Crippen molar-refractivity contribution in [3.63, 3.8) is 0 Å². The van der Waals surface area contributed by atoms with Crippen molar-refractivity contribution in [2.24, 2.45) is 5.73 Å². The van der Waals surface area contributed by atoms with E-state index in [1.165, 1.54) is 6.07 Å². The number of carbonyl (C=O) groups is 1. The van der Waals surface area contributed by atoms with Crippen LogP contribution in [0.25, 0.3) is 0 Å². The van der Waals surface area contributed by atoms with Crippen molar-refractivity contribution in [3.05, 3.63) is 23.7 Å². The number of hydrogen-bond acceptors (Lipinski definition) is 4. The van der Waals surface area contributed by atoms with Crippen LogP contribution in [0.5, 0.6) is 0 Å². The molecule has 0 aromatic carbocycles. The summed E-state index contributed by atoms with van der Waals surface area (Å²) in [4.78, 5) is 10.6. The minimum absolute atomic E-state index is 0.00698. The van der Waals surface area contributed by atoms with Gasteiger partial charge in [-0.05, 0) is 37.8 Å². The number of carboxylic acid groups (broad SMARTS) is 1. The van der Waals surface area contributed by atoms with E-state index in [1.807, 2.05) is 0 Å². The highest BCUT2D eigenvalue weighted by molar-refractivity contribution is 5.84. The Hall–Kier alpha value is -1.33. The molecule has 1 aromatic rings. The van der Waals surface area contributed by atoms with E-state index in [2.05, 4.69) is 5.32 Å². The molecule has 1 aromatic heterocycles. The van der Waals surface area contributed by atoms with Gasteiger partial charge in [0.1, 0.15) is 5.76 Å². The predicted octanol–water partition coefficient (Wildman–Crippen LogP) is 1.34. The van der Waals surface area contributed by atoms with Gasteiger partial charge in [0, 0.05) is 12.1 Å². The van der Waals surface area contributed by atoms with Crippen LogP contribution in [0.15, 0.2) is 16.5 Å². The molecular formula is C12H18N2O3. The lowest BCUT2D eigenvalue weighted by Gasteiger charge is -2.26. The molecule has 1 saturated carbocycles. The first-order valence-electron chi connectivity index (χ1n) is 5.96. The molecule has 0 spiro atoms. The van der Waals surface area contributed by atoms with Crippen LogP contribution >= 0.6 is 0 Å². The average molecular weight is 238 g/mol. The van der Waals surface area contributed by atoms with Gasteiger partial charge in [0.05, 0.1) is 6.54 Å². The number of nitrogens with two attached hydrogens (primary N) is 1. The molecule has 1 aliphatic rings. The highest BCUT2D eigenvalue weighted by Crippen LogP contribution is 2.17. The Morgan fingerprint density at radius 3 is 2.71 bits per heavy atom. The van der Waals surface area contributed by atoms with Crippen molar-refractivity contribution >= 4 is 5.97 Å². The Morgan fingerprint density at radius 1 is 1.41 bits per heavy atom. The molecule has 2 rings (SSSR count). The summed E-state index contributed by atoms with van der Waals surface area (Å²) in [6.45, 7) is 0.577. The number of hydrogen-bond donors (Lipinski definition) is 3. The number of rotatable bonds is 4. The fraction of sp³-hybridized carbons (Fsp3) is 0.583. The molecule has 0 atom stereocenters. The van der Waals surface area contributed by atoms with Gasteiger partial charge in [-0.25, -0.2) is 4.79 Å². The van der Waals surface area contributed by atoms with Crippen LogP contribution in [0.4, 0.5) is 0 Å². The van der Waals surface area contributed by atoms with Gasteiger partial charge in [-0.3, -0.25) is 0 Å². The molecule has 0 saturated heterocycles. The molecule has 1 heterocycles. The first-order chi connectivity index (χ1) is 8.15. The Labute approximate surface area is 100.0 Å². The summed E-state index contributed by atoms with van der Waals surface area (Å²) in [5.41, 5.74) is 5.83. The normalized spacial score (nSPS) is 24.8. The minimum Gasteiger partial charge on any atom is -0.475 e. The summed E-state index contributed by atoms with van der Waals surface area (Å²) < 4.78 is 5.17. The van der Waals surface area contributed by atoms with Crippen LogP contribution in [-0.2, 0) is 6.54 Å². The number of carboxylic acids is 1. The third-order valence-electron chi connectivity index (χ3n) is 3.21. The van der Waals surface area contributed by atoms with Crippen LogP contribution in [0, 0.1) is 0 Å². The van der Waals surface area contributed by atoms with Crippen molar-refractivity contribution in [3.8, 4) is 0 Å². The monoisotopic (exact) mass is 238 g/mol. The predicted molar refractivity (Wildman–Crippen MR) is 62.7 cm³/mol. The summed E-state index contributed by atoms with van der Waals surface area (Å²) >= 11 is 0. The first-order valence-corrected chi connectivity index (χ1v) is 5.96. The second-order valence-corrected chi connectivity index (χ2v) is 4.56. The maximum atomic E-state index is 10.6. The summed E-state index contributed by atoms with van der Waals surface area (Å²) in [5, 5.41) is 12.1. The van der Waals surface area contributed by atoms with Crippen LogP contribution in [-0.4, -0.2) is 23.2 Å². The standard InChI is InChI=1S/C12H18N2O3/c13-8-1-3-9(4-2-8)14-7-10-5-6-11(17-10)12(15)16/h5-6,8-9,14H,1-4,7,13H2,(H,15,16). The molecule has 17 heavy (non-hydrogen) atoms. The highest BCUT2D eigenvalue weighted by atomic mass is 16.4. The summed E-state index contributed by atoms with van der Waals surface area (Å²) in [5.74, 6) is -0.371. The van der Waals surface area contributed by atoms with Crippen LogP contribution in [0.3, 0.4) is 0 Å². The van der Waals surface area contributed by atoms with Crippen LogP contribution < -0.4 is 11.1 Å². The van der Waals surface area contributed by atoms with Gasteiger partial charge in [-0.1, -0.05) is 0 Å². The van der Waals surface area contributed by atoms with Crippen molar-refractivity contribution in [1.29, 1.82) is 0 Å². The van der Waals surface area contributed by atoms with Crippen LogP contribution in [0.2, 0.25) is 0 Å². The van der Waals surface area contributed by atoms with Crippen molar-refractivity contribution in [2.75, 3.05) is 0 Å². The van der Waals surface area contributed by atoms with E-state index in [-0.39, 0.29) is 5.76 Å². The number of nitrogens with one attached hydrogen (secondary N) is 1. The van der Waals surface area contributed by atoms with Gasteiger partial charge in [0.2, 0.25) is 5.76 Å². The molecule has 0 aliphatic heterocycles. The van der Waals surface area contributed by atoms with Crippen molar-refractivity contribution in [2.45, 2.75) is 44.3 Å². The lowest BCUT2D eigenvalue weighted by Crippen LogP contribution is -2.36. The van der Waals surface area contributed by atoms with Gasteiger partial charge < -0.3 is 20.6 Å². The third kappa shape index (κ3) is 3.31. The topological polar surface area (TPSA) is 88.5 Å². The van der Waals surface area contributed by atoms with E-state index in [1.54, 1.807) is 6.07 Å². The average Bonchev–Trinajstić information content (AvgIpc) is 2.77. The molecular weight excluding hydrogens is 220 g/mol. The Bertz CT molecular complexity index is 381. The quantitative estimate of drug-likeness (QED) is 0.736. The zero-order chi connectivity index (χ0) is 12.3. The summed E-state index contributed by atoms with van der Waals surface area (Å²) in [6.07, 6.45) is 4.26. The molecule has 0 unspecified atom stereocenters. The van der Waals surface area contributed by atoms with E-state index in [0.29, 0.717) is 24.4 Å². The first kappa shape index (κ1) is 12.1. The molecule has 1 aliphatic carbocycles. The van der Waals surface area contributed by atoms with E-state index >= 15 is 0 Å². The maximum absolute atomic E-state index is 10.6. The molecule has 4 N–H and O–H groups in total. The second kappa shape index (κ2) is 5.33. The zero-order valence-electron chi connectivity index (χ0n) is 9.69. The van der Waals surface area contributed by atoms with Gasteiger partial charge >= 0.3 is 5.97 Å². The molecule has 0 radical (unpaired) electrons. The van der Waals surface area contributed by atoms with Gasteiger partial charge in [0.25, 0.3) is 0 Å². The smallest absolute Gasteiger partial charge is 0.371 e. The molecule has 1 fully saturated rings. The zero-order valence-corrected chi connectivity index (χ0v) is 9.69. The Balaban J connectivity index is 1.79. The largest absolute Gasteiger partial charge is 0.475 e. The SMILES string of the molecule is NC1CCC(NCc2ccc(C(=O)O)o2)CC1. The van der Waals surface area contributed by atoms with E-state index in [0.717, 1.165) is 25.7 Å². The highest BCUT2D eigenvalue weighted by Gasteiger charge is 2.18. The Kier molecular flexibility index (Phi) is 3.81. The lowest BCUT2D eigenvalue weighted by molar-refractivity contribution is 0.0660. The van der Waals surface area contributed by atoms with E-state index in [4.69, 9.17) is 15.3 Å². The number of aromatic carboxylic acids is 1. The molecule has 94 valence electrons. The van der Waals surface area contributed by atoms with Crippen molar-refractivity contribution in [1.82, 2.24) is 5.32 Å². The fourth-order valence-electron chi connectivity index (χ4n) is 2.16. The lowest BCUT2D eigenvalue weighted by atomic mass is 9.92. The molecule has 0 amide bonds.